The van der Waals surface area contributed by atoms with E-state index in [2.05, 4.69) is 48.0 Å². The summed E-state index contributed by atoms with van der Waals surface area (Å²) < 4.78 is 0. The fourth-order valence-electron chi connectivity index (χ4n) is 2.40. The van der Waals surface area contributed by atoms with E-state index >= 15 is 0 Å². The molecule has 19 heavy (non-hydrogen) atoms. The van der Waals surface area contributed by atoms with E-state index in [4.69, 9.17) is 0 Å². The van der Waals surface area contributed by atoms with Gasteiger partial charge in [-0.1, -0.05) is 63.3 Å². The third kappa shape index (κ3) is 4.83. The Bertz CT molecular complexity index is 439. The largest absolute Gasteiger partial charge is 0.152 e. The van der Waals surface area contributed by atoms with E-state index in [0.29, 0.717) is 0 Å². The molecule has 2 aromatic rings. The highest BCUT2D eigenvalue weighted by Crippen LogP contribution is 2.22. The maximum absolute atomic E-state index is 2.29. The molecule has 0 bridgehead atoms. The van der Waals surface area contributed by atoms with Crippen molar-refractivity contribution >= 4 is 11.3 Å². The van der Waals surface area contributed by atoms with Crippen LogP contribution in [0.2, 0.25) is 0 Å². The average molecular weight is 272 g/mol. The van der Waals surface area contributed by atoms with Crippen LogP contribution >= 0.6 is 11.3 Å². The number of unbranched alkanes of at least 4 members (excludes halogenated alkanes) is 5. The first-order chi connectivity index (χ1) is 9.40. The third-order valence-corrected chi connectivity index (χ3v) is 4.31. The van der Waals surface area contributed by atoms with Crippen molar-refractivity contribution < 1.29 is 0 Å². The van der Waals surface area contributed by atoms with E-state index in [-0.39, 0.29) is 0 Å². The zero-order valence-electron chi connectivity index (χ0n) is 11.9. The smallest absolute Gasteiger partial charge is 0.00147 e. The molecule has 0 fully saturated rings. The molecule has 0 aliphatic heterocycles. The van der Waals surface area contributed by atoms with Crippen molar-refractivity contribution in [2.24, 2.45) is 0 Å². The topological polar surface area (TPSA) is 0 Å². The highest BCUT2D eigenvalue weighted by atomic mass is 32.1. The fourth-order valence-corrected chi connectivity index (χ4v) is 3.07. The Kier molecular flexibility index (Phi) is 6.16. The maximum Gasteiger partial charge on any atom is -0.00147 e. The van der Waals surface area contributed by atoms with Crippen LogP contribution in [0.25, 0.3) is 11.1 Å². The Morgan fingerprint density at radius 2 is 1.53 bits per heavy atom. The molecule has 0 aliphatic carbocycles. The number of aryl methyl sites for hydroxylation is 1. The van der Waals surface area contributed by atoms with E-state index in [9.17, 15) is 0 Å². The van der Waals surface area contributed by atoms with E-state index in [1.54, 1.807) is 11.3 Å². The van der Waals surface area contributed by atoms with Crippen molar-refractivity contribution in [3.05, 3.63) is 46.7 Å². The minimum absolute atomic E-state index is 1.23. The summed E-state index contributed by atoms with van der Waals surface area (Å²) >= 11 is 1.76. The lowest BCUT2D eigenvalue weighted by molar-refractivity contribution is 0.607. The lowest BCUT2D eigenvalue weighted by Crippen LogP contribution is -1.86. The van der Waals surface area contributed by atoms with Crippen molar-refractivity contribution in [2.75, 3.05) is 0 Å². The quantitative estimate of drug-likeness (QED) is 0.493. The van der Waals surface area contributed by atoms with Gasteiger partial charge in [0.1, 0.15) is 0 Å². The number of benzene rings is 1. The second-order valence-electron chi connectivity index (χ2n) is 5.23. The van der Waals surface area contributed by atoms with E-state index in [0.717, 1.165) is 0 Å². The predicted octanol–water partition coefficient (Wildman–Crippen LogP) is 6.32. The average Bonchev–Trinajstić information content (AvgIpc) is 2.97. The standard InChI is InChI=1S/C18H24S/c1-2-3-4-5-6-7-8-16-9-11-17(12-10-16)18-13-14-19-15-18/h9-15H,2-8H2,1H3. The molecule has 102 valence electrons. The van der Waals surface area contributed by atoms with Crippen LogP contribution in [0.1, 0.15) is 51.0 Å². The zero-order valence-corrected chi connectivity index (χ0v) is 12.7. The molecular formula is C18H24S. The summed E-state index contributed by atoms with van der Waals surface area (Å²) in [6.07, 6.45) is 9.50. The molecule has 1 heteroatoms. The molecule has 0 spiro atoms. The van der Waals surface area contributed by atoms with E-state index in [1.807, 2.05) is 0 Å². The normalized spacial score (nSPS) is 10.8. The van der Waals surface area contributed by atoms with Gasteiger partial charge in [-0.3, -0.25) is 0 Å². The molecule has 0 saturated carbocycles. The van der Waals surface area contributed by atoms with Gasteiger partial charge in [-0.2, -0.15) is 11.3 Å². The van der Waals surface area contributed by atoms with Crippen molar-refractivity contribution in [1.29, 1.82) is 0 Å². The van der Waals surface area contributed by atoms with Crippen LogP contribution < -0.4 is 0 Å². The van der Waals surface area contributed by atoms with Crippen LogP contribution in [0.3, 0.4) is 0 Å². The Hall–Kier alpha value is -1.08. The number of rotatable bonds is 8. The van der Waals surface area contributed by atoms with Gasteiger partial charge < -0.3 is 0 Å². The van der Waals surface area contributed by atoms with Gasteiger partial charge in [-0.05, 0) is 46.4 Å². The van der Waals surface area contributed by atoms with Crippen molar-refractivity contribution in [3.8, 4) is 11.1 Å². The van der Waals surface area contributed by atoms with Crippen LogP contribution in [0.4, 0.5) is 0 Å². The van der Waals surface area contributed by atoms with Gasteiger partial charge in [0.2, 0.25) is 0 Å². The SMILES string of the molecule is CCCCCCCCc1ccc(-c2ccsc2)cc1. The van der Waals surface area contributed by atoms with Crippen LogP contribution in [0.5, 0.6) is 0 Å². The second-order valence-corrected chi connectivity index (χ2v) is 6.01. The summed E-state index contributed by atoms with van der Waals surface area (Å²) in [6.45, 7) is 2.27. The molecule has 1 aromatic heterocycles. The molecule has 0 nitrogen and oxygen atoms in total. The van der Waals surface area contributed by atoms with Gasteiger partial charge >= 0.3 is 0 Å². The summed E-state index contributed by atoms with van der Waals surface area (Å²) in [7, 11) is 0. The predicted molar refractivity (Wildman–Crippen MR) is 86.8 cm³/mol. The Morgan fingerprint density at radius 3 is 2.21 bits per heavy atom. The summed E-state index contributed by atoms with van der Waals surface area (Å²) in [6, 6.07) is 11.3. The van der Waals surface area contributed by atoms with Crippen LogP contribution in [-0.4, -0.2) is 0 Å². The van der Waals surface area contributed by atoms with Gasteiger partial charge in [-0.15, -0.1) is 0 Å². The number of hydrogen-bond acceptors (Lipinski definition) is 1. The van der Waals surface area contributed by atoms with Gasteiger partial charge in [0, 0.05) is 0 Å². The van der Waals surface area contributed by atoms with Crippen molar-refractivity contribution in [1.82, 2.24) is 0 Å². The Morgan fingerprint density at radius 1 is 0.789 bits per heavy atom. The maximum atomic E-state index is 2.29. The number of thiophene rings is 1. The first kappa shape index (κ1) is 14.3. The van der Waals surface area contributed by atoms with Gasteiger partial charge in [-0.25, -0.2) is 0 Å². The molecule has 0 radical (unpaired) electrons. The summed E-state index contributed by atoms with van der Waals surface area (Å²) in [5, 5.41) is 4.35. The molecule has 0 N–H and O–H groups in total. The van der Waals surface area contributed by atoms with Gasteiger partial charge in [0.05, 0.1) is 0 Å². The van der Waals surface area contributed by atoms with E-state index in [1.165, 1.54) is 61.6 Å². The highest BCUT2D eigenvalue weighted by molar-refractivity contribution is 7.08. The lowest BCUT2D eigenvalue weighted by atomic mass is 10.0. The van der Waals surface area contributed by atoms with Crippen molar-refractivity contribution in [3.63, 3.8) is 0 Å². The molecule has 0 unspecified atom stereocenters. The fraction of sp³-hybridized carbons (Fsp3) is 0.444. The molecule has 1 aromatic carbocycles. The van der Waals surface area contributed by atoms with Gasteiger partial charge in [0.15, 0.2) is 0 Å². The molecule has 0 aliphatic rings. The minimum Gasteiger partial charge on any atom is -0.152 e. The second kappa shape index (κ2) is 8.16. The molecule has 0 atom stereocenters. The molecule has 1 heterocycles. The first-order valence-electron chi connectivity index (χ1n) is 7.51. The Balaban J connectivity index is 1.73. The summed E-state index contributed by atoms with van der Waals surface area (Å²) in [5.74, 6) is 0. The number of hydrogen-bond donors (Lipinski definition) is 0. The highest BCUT2D eigenvalue weighted by Gasteiger charge is 1.98. The zero-order chi connectivity index (χ0) is 13.3. The minimum atomic E-state index is 1.23. The Labute approximate surface area is 121 Å². The lowest BCUT2D eigenvalue weighted by Gasteiger charge is -2.04. The molecular weight excluding hydrogens is 248 g/mol. The third-order valence-electron chi connectivity index (χ3n) is 3.63. The summed E-state index contributed by atoms with van der Waals surface area (Å²) in [4.78, 5) is 0. The van der Waals surface area contributed by atoms with Gasteiger partial charge in [0.25, 0.3) is 0 Å². The van der Waals surface area contributed by atoms with E-state index < -0.39 is 0 Å². The summed E-state index contributed by atoms with van der Waals surface area (Å²) in [5.41, 5.74) is 4.17. The molecule has 2 rings (SSSR count). The molecule has 0 saturated heterocycles. The van der Waals surface area contributed by atoms with Crippen LogP contribution in [0, 0.1) is 0 Å². The van der Waals surface area contributed by atoms with Crippen LogP contribution in [0.15, 0.2) is 41.1 Å². The van der Waals surface area contributed by atoms with Crippen LogP contribution in [-0.2, 0) is 6.42 Å². The monoisotopic (exact) mass is 272 g/mol. The van der Waals surface area contributed by atoms with Crippen molar-refractivity contribution in [2.45, 2.75) is 51.9 Å². The first-order valence-corrected chi connectivity index (χ1v) is 8.46. The molecule has 0 amide bonds.